The Morgan fingerprint density at radius 1 is 1.07 bits per heavy atom. The van der Waals surface area contributed by atoms with Crippen molar-refractivity contribution in [1.29, 1.82) is 0 Å². The average molecular weight is 371 g/mol. The summed E-state index contributed by atoms with van der Waals surface area (Å²) in [6, 6.07) is 16.5. The highest BCUT2D eigenvalue weighted by atomic mass is 16.5. The van der Waals surface area contributed by atoms with Crippen LogP contribution in [0.1, 0.15) is 31.4 Å². The second-order valence-corrected chi connectivity index (χ2v) is 6.01. The normalized spacial score (nSPS) is 11.5. The molecule has 6 nitrogen and oxygen atoms in total. The van der Waals surface area contributed by atoms with Crippen LogP contribution in [0.2, 0.25) is 0 Å². The number of nitrogens with one attached hydrogen (secondary N) is 1. The Hall–Kier alpha value is -2.86. The molecule has 1 atom stereocenters. The Bertz CT molecular complexity index is 734. The molecule has 0 bridgehead atoms. The molecule has 0 saturated carbocycles. The first-order valence-corrected chi connectivity index (χ1v) is 9.13. The maximum Gasteiger partial charge on any atom is 0.305 e. The number of amides is 1. The van der Waals surface area contributed by atoms with Crippen molar-refractivity contribution in [2.45, 2.75) is 25.8 Å². The zero-order chi connectivity index (χ0) is 19.5. The summed E-state index contributed by atoms with van der Waals surface area (Å²) in [6.45, 7) is 3.06. The third kappa shape index (κ3) is 6.42. The smallest absolute Gasteiger partial charge is 0.305 e. The van der Waals surface area contributed by atoms with E-state index >= 15 is 0 Å². The topological polar surface area (TPSA) is 81.2 Å². The van der Waals surface area contributed by atoms with E-state index in [2.05, 4.69) is 10.1 Å². The van der Waals surface area contributed by atoms with E-state index in [1.807, 2.05) is 66.8 Å². The van der Waals surface area contributed by atoms with E-state index in [9.17, 15) is 9.59 Å². The second-order valence-electron chi connectivity index (χ2n) is 6.01. The van der Waals surface area contributed by atoms with Gasteiger partial charge in [-0.1, -0.05) is 42.5 Å². The lowest BCUT2D eigenvalue weighted by Gasteiger charge is -2.17. The molecule has 0 aromatic heterocycles. The maximum atomic E-state index is 13.0. The number of quaternary nitrogens is 1. The summed E-state index contributed by atoms with van der Waals surface area (Å²) in [7, 11) is 1.38. The van der Waals surface area contributed by atoms with Gasteiger partial charge in [0.15, 0.2) is 6.04 Å². The van der Waals surface area contributed by atoms with Crippen LogP contribution in [-0.2, 0) is 14.3 Å². The number of anilines is 1. The highest BCUT2D eigenvalue weighted by Crippen LogP contribution is 2.24. The first-order chi connectivity index (χ1) is 13.2. The van der Waals surface area contributed by atoms with Crippen molar-refractivity contribution < 1.29 is 24.4 Å². The lowest BCUT2D eigenvalue weighted by Crippen LogP contribution is -2.87. The summed E-state index contributed by atoms with van der Waals surface area (Å²) in [5.74, 6) is 0.270. The van der Waals surface area contributed by atoms with Crippen LogP contribution in [-0.4, -0.2) is 32.1 Å². The van der Waals surface area contributed by atoms with Crippen LogP contribution in [0.5, 0.6) is 5.75 Å². The molecule has 2 rings (SSSR count). The van der Waals surface area contributed by atoms with Crippen molar-refractivity contribution in [3.05, 3.63) is 60.2 Å². The van der Waals surface area contributed by atoms with Crippen molar-refractivity contribution in [3.63, 3.8) is 0 Å². The quantitative estimate of drug-likeness (QED) is 0.496. The molecule has 0 saturated heterocycles. The largest absolute Gasteiger partial charge is 0.492 e. The van der Waals surface area contributed by atoms with E-state index in [0.29, 0.717) is 37.4 Å². The van der Waals surface area contributed by atoms with Gasteiger partial charge < -0.3 is 20.1 Å². The molecule has 144 valence electrons. The third-order valence-electron chi connectivity index (χ3n) is 4.10. The summed E-state index contributed by atoms with van der Waals surface area (Å²) < 4.78 is 10.2. The molecule has 0 unspecified atom stereocenters. The van der Waals surface area contributed by atoms with Gasteiger partial charge in [0.1, 0.15) is 5.75 Å². The summed E-state index contributed by atoms with van der Waals surface area (Å²) in [6.07, 6.45) is 0.974. The molecule has 0 aliphatic carbocycles. The van der Waals surface area contributed by atoms with Crippen LogP contribution < -0.4 is 15.4 Å². The van der Waals surface area contributed by atoms with Crippen molar-refractivity contribution >= 4 is 17.6 Å². The zero-order valence-electron chi connectivity index (χ0n) is 15.8. The predicted octanol–water partition coefficient (Wildman–Crippen LogP) is 2.28. The minimum atomic E-state index is -0.418. The van der Waals surface area contributed by atoms with Crippen LogP contribution in [0.3, 0.4) is 0 Å². The lowest BCUT2D eigenvalue weighted by atomic mass is 10.1. The molecule has 0 aliphatic heterocycles. The Labute approximate surface area is 159 Å². The maximum absolute atomic E-state index is 13.0. The summed E-state index contributed by atoms with van der Waals surface area (Å²) in [5.41, 5.74) is 1.55. The minimum absolute atomic E-state index is 0.133. The SMILES string of the molecule is CCOc1ccccc1NC(=O)[C@@H]([NH2+]CCCC(=O)OC)c1ccccc1. The molecular formula is C21H27N2O4+. The molecular weight excluding hydrogens is 344 g/mol. The van der Waals surface area contributed by atoms with Crippen LogP contribution in [0.4, 0.5) is 5.69 Å². The number of hydrogen-bond donors (Lipinski definition) is 2. The molecule has 3 N–H and O–H groups in total. The highest BCUT2D eigenvalue weighted by molar-refractivity contribution is 5.95. The van der Waals surface area contributed by atoms with E-state index in [1.165, 1.54) is 7.11 Å². The predicted molar refractivity (Wildman–Crippen MR) is 103 cm³/mol. The number of rotatable bonds is 10. The van der Waals surface area contributed by atoms with Gasteiger partial charge in [-0.15, -0.1) is 0 Å². The van der Waals surface area contributed by atoms with Crippen molar-refractivity contribution in [1.82, 2.24) is 0 Å². The number of benzene rings is 2. The molecule has 0 aliphatic rings. The first kappa shape index (κ1) is 20.5. The molecule has 6 heteroatoms. The number of carbonyl (C=O) groups is 2. The Morgan fingerprint density at radius 2 is 1.78 bits per heavy atom. The fraction of sp³-hybridized carbons (Fsp3) is 0.333. The summed E-state index contributed by atoms with van der Waals surface area (Å²) >= 11 is 0. The monoisotopic (exact) mass is 371 g/mol. The number of methoxy groups -OCH3 is 1. The molecule has 1 amide bonds. The van der Waals surface area contributed by atoms with Gasteiger partial charge in [0, 0.05) is 12.0 Å². The van der Waals surface area contributed by atoms with Crippen LogP contribution in [0.25, 0.3) is 0 Å². The fourth-order valence-corrected chi connectivity index (χ4v) is 2.75. The third-order valence-corrected chi connectivity index (χ3v) is 4.10. The van der Waals surface area contributed by atoms with E-state index in [0.717, 1.165) is 5.56 Å². The van der Waals surface area contributed by atoms with Gasteiger partial charge in [-0.05, 0) is 19.1 Å². The van der Waals surface area contributed by atoms with Crippen molar-refractivity contribution in [3.8, 4) is 5.75 Å². The highest BCUT2D eigenvalue weighted by Gasteiger charge is 2.24. The van der Waals surface area contributed by atoms with E-state index in [-0.39, 0.29) is 11.9 Å². The van der Waals surface area contributed by atoms with Crippen LogP contribution >= 0.6 is 0 Å². The molecule has 0 heterocycles. The van der Waals surface area contributed by atoms with E-state index in [1.54, 1.807) is 0 Å². The Kier molecular flexibility index (Phi) is 8.32. The van der Waals surface area contributed by atoms with Gasteiger partial charge in [0.25, 0.3) is 5.91 Å². The number of hydrogen-bond acceptors (Lipinski definition) is 4. The average Bonchev–Trinajstić information content (AvgIpc) is 2.70. The number of para-hydroxylation sites is 2. The van der Waals surface area contributed by atoms with E-state index in [4.69, 9.17) is 4.74 Å². The second kappa shape index (κ2) is 11.0. The van der Waals surface area contributed by atoms with Gasteiger partial charge in [-0.25, -0.2) is 0 Å². The first-order valence-electron chi connectivity index (χ1n) is 9.13. The fourth-order valence-electron chi connectivity index (χ4n) is 2.75. The molecule has 0 spiro atoms. The van der Waals surface area contributed by atoms with Gasteiger partial charge in [-0.2, -0.15) is 0 Å². The molecule has 0 radical (unpaired) electrons. The molecule has 27 heavy (non-hydrogen) atoms. The Morgan fingerprint density at radius 3 is 2.48 bits per heavy atom. The van der Waals surface area contributed by atoms with Gasteiger partial charge in [-0.3, -0.25) is 9.59 Å². The Balaban J connectivity index is 2.08. The zero-order valence-corrected chi connectivity index (χ0v) is 15.8. The molecule has 2 aromatic rings. The van der Waals surface area contributed by atoms with Crippen molar-refractivity contribution in [2.24, 2.45) is 0 Å². The van der Waals surface area contributed by atoms with Gasteiger partial charge in [0.05, 0.1) is 32.4 Å². The van der Waals surface area contributed by atoms with Crippen LogP contribution in [0.15, 0.2) is 54.6 Å². The van der Waals surface area contributed by atoms with Crippen LogP contribution in [0, 0.1) is 0 Å². The van der Waals surface area contributed by atoms with Gasteiger partial charge in [0.2, 0.25) is 0 Å². The van der Waals surface area contributed by atoms with E-state index < -0.39 is 6.04 Å². The lowest BCUT2D eigenvalue weighted by molar-refractivity contribution is -0.682. The number of esters is 1. The molecule has 2 aromatic carbocycles. The number of nitrogens with two attached hydrogens (primary N) is 1. The number of carbonyl (C=O) groups excluding carboxylic acids is 2. The summed E-state index contributed by atoms with van der Waals surface area (Å²) in [5, 5.41) is 4.91. The standard InChI is InChI=1S/C21H26N2O4/c1-3-27-18-13-8-7-12-17(18)23-21(25)20(16-10-5-4-6-11-16)22-15-9-14-19(24)26-2/h4-8,10-13,20,22H,3,9,14-15H2,1-2H3,(H,23,25)/p+1/t20-/m0/s1. The number of ether oxygens (including phenoxy) is 2. The van der Waals surface area contributed by atoms with Gasteiger partial charge >= 0.3 is 5.97 Å². The van der Waals surface area contributed by atoms with Crippen molar-refractivity contribution in [2.75, 3.05) is 25.6 Å². The minimum Gasteiger partial charge on any atom is -0.492 e. The molecule has 0 fully saturated rings. The summed E-state index contributed by atoms with van der Waals surface area (Å²) in [4.78, 5) is 24.2.